The number of hydrogen-bond acceptors (Lipinski definition) is 4. The van der Waals surface area contributed by atoms with E-state index in [1.54, 1.807) is 12.1 Å². The standard InChI is InChI=1S/C12H10N2O5/c13-12(18)11(17)6-4-14-7-2-1-3-8(10(6)7)19-5-9(15)16/h1-4,14H,5H2,(H2,13,18)(H,15,16). The molecule has 1 heterocycles. The number of ketones is 1. The molecule has 0 fully saturated rings. The van der Waals surface area contributed by atoms with Crippen molar-refractivity contribution in [3.05, 3.63) is 30.0 Å². The first kappa shape index (κ1) is 12.6. The summed E-state index contributed by atoms with van der Waals surface area (Å²) in [6.45, 7) is -0.547. The highest BCUT2D eigenvalue weighted by atomic mass is 16.5. The van der Waals surface area contributed by atoms with E-state index in [0.717, 1.165) is 0 Å². The van der Waals surface area contributed by atoms with Crippen LogP contribution in [-0.2, 0) is 9.59 Å². The smallest absolute Gasteiger partial charge is 0.341 e. The molecule has 98 valence electrons. The second-order valence-electron chi connectivity index (χ2n) is 3.76. The van der Waals surface area contributed by atoms with Crippen LogP contribution in [0, 0.1) is 0 Å². The molecule has 1 aromatic carbocycles. The molecule has 0 bridgehead atoms. The van der Waals surface area contributed by atoms with Crippen molar-refractivity contribution in [3.8, 4) is 5.75 Å². The van der Waals surface area contributed by atoms with E-state index in [1.165, 1.54) is 12.3 Å². The normalized spacial score (nSPS) is 10.3. The van der Waals surface area contributed by atoms with E-state index in [2.05, 4.69) is 4.98 Å². The molecule has 0 aliphatic rings. The number of fused-ring (bicyclic) bond motifs is 1. The monoisotopic (exact) mass is 262 g/mol. The van der Waals surface area contributed by atoms with E-state index in [4.69, 9.17) is 15.6 Å². The molecule has 2 rings (SSSR count). The molecule has 19 heavy (non-hydrogen) atoms. The summed E-state index contributed by atoms with van der Waals surface area (Å²) in [7, 11) is 0. The molecule has 7 nitrogen and oxygen atoms in total. The number of carboxylic acids is 1. The van der Waals surface area contributed by atoms with Gasteiger partial charge < -0.3 is 20.6 Å². The van der Waals surface area contributed by atoms with Crippen LogP contribution >= 0.6 is 0 Å². The van der Waals surface area contributed by atoms with E-state index in [1.807, 2.05) is 0 Å². The zero-order valence-corrected chi connectivity index (χ0v) is 9.67. The van der Waals surface area contributed by atoms with Gasteiger partial charge in [-0.25, -0.2) is 4.79 Å². The zero-order valence-electron chi connectivity index (χ0n) is 9.67. The number of nitrogens with one attached hydrogen (secondary N) is 1. The Bertz CT molecular complexity index is 674. The Labute approximate surface area is 107 Å². The summed E-state index contributed by atoms with van der Waals surface area (Å²) in [5.74, 6) is -2.90. The number of hydrogen-bond donors (Lipinski definition) is 3. The molecule has 1 amide bonds. The number of benzene rings is 1. The molecule has 0 spiro atoms. The highest BCUT2D eigenvalue weighted by molar-refractivity contribution is 6.44. The van der Waals surface area contributed by atoms with Gasteiger partial charge in [0.1, 0.15) is 5.75 Å². The number of carbonyl (C=O) groups excluding carboxylic acids is 2. The van der Waals surface area contributed by atoms with Crippen molar-refractivity contribution in [3.63, 3.8) is 0 Å². The maximum absolute atomic E-state index is 11.6. The lowest BCUT2D eigenvalue weighted by Crippen LogP contribution is -2.22. The number of rotatable bonds is 5. The molecule has 0 radical (unpaired) electrons. The minimum atomic E-state index is -1.14. The molecule has 1 aromatic heterocycles. The van der Waals surface area contributed by atoms with Crippen molar-refractivity contribution < 1.29 is 24.2 Å². The molecule has 0 saturated heterocycles. The Kier molecular flexibility index (Phi) is 3.19. The lowest BCUT2D eigenvalue weighted by Gasteiger charge is -2.05. The van der Waals surface area contributed by atoms with Crippen molar-refractivity contribution in [2.75, 3.05) is 6.61 Å². The van der Waals surface area contributed by atoms with Gasteiger partial charge in [-0.3, -0.25) is 9.59 Å². The first-order valence-corrected chi connectivity index (χ1v) is 5.29. The number of H-pyrrole nitrogens is 1. The summed E-state index contributed by atoms with van der Waals surface area (Å²) in [4.78, 5) is 35.9. The summed E-state index contributed by atoms with van der Waals surface area (Å²) in [6, 6.07) is 4.81. The largest absolute Gasteiger partial charge is 0.481 e. The summed E-state index contributed by atoms with van der Waals surface area (Å²) < 4.78 is 5.09. The summed E-state index contributed by atoms with van der Waals surface area (Å²) in [5, 5.41) is 8.93. The van der Waals surface area contributed by atoms with Gasteiger partial charge in [-0.15, -0.1) is 0 Å². The van der Waals surface area contributed by atoms with Crippen LogP contribution in [0.2, 0.25) is 0 Å². The fraction of sp³-hybridized carbons (Fsp3) is 0.0833. The maximum atomic E-state index is 11.6. The number of ether oxygens (including phenoxy) is 1. The maximum Gasteiger partial charge on any atom is 0.341 e. The molecular weight excluding hydrogens is 252 g/mol. The molecule has 2 aromatic rings. The number of carbonyl (C=O) groups is 3. The summed E-state index contributed by atoms with van der Waals surface area (Å²) >= 11 is 0. The van der Waals surface area contributed by atoms with Crippen LogP contribution in [0.25, 0.3) is 10.9 Å². The highest BCUT2D eigenvalue weighted by Gasteiger charge is 2.20. The molecule has 0 saturated carbocycles. The second-order valence-corrected chi connectivity index (χ2v) is 3.76. The van der Waals surface area contributed by atoms with Gasteiger partial charge in [-0.1, -0.05) is 6.07 Å². The topological polar surface area (TPSA) is 122 Å². The van der Waals surface area contributed by atoms with Crippen molar-refractivity contribution >= 4 is 28.6 Å². The Morgan fingerprint density at radius 3 is 2.68 bits per heavy atom. The lowest BCUT2D eigenvalue weighted by molar-refractivity contribution is -0.139. The van der Waals surface area contributed by atoms with Crippen molar-refractivity contribution in [2.45, 2.75) is 0 Å². The molecule has 0 unspecified atom stereocenters. The number of nitrogens with two attached hydrogens (primary N) is 1. The van der Waals surface area contributed by atoms with Gasteiger partial charge in [0.2, 0.25) is 0 Å². The minimum absolute atomic E-state index is 0.0588. The Balaban J connectivity index is 2.52. The van der Waals surface area contributed by atoms with Crippen LogP contribution in [-0.4, -0.2) is 34.4 Å². The van der Waals surface area contributed by atoms with Crippen LogP contribution in [0.5, 0.6) is 5.75 Å². The van der Waals surface area contributed by atoms with Crippen LogP contribution in [0.1, 0.15) is 10.4 Å². The number of aliphatic carboxylic acids is 1. The number of amides is 1. The number of Topliss-reactive ketones (excluding diaryl/α,β-unsaturated/α-hetero) is 1. The molecule has 0 atom stereocenters. The molecular formula is C12H10N2O5. The number of primary amides is 1. The Morgan fingerprint density at radius 1 is 1.32 bits per heavy atom. The van der Waals surface area contributed by atoms with Gasteiger partial charge in [-0.2, -0.15) is 0 Å². The highest BCUT2D eigenvalue weighted by Crippen LogP contribution is 2.29. The molecule has 0 aliphatic carbocycles. The first-order valence-electron chi connectivity index (χ1n) is 5.29. The number of carboxylic acid groups (broad SMARTS) is 1. The van der Waals surface area contributed by atoms with Gasteiger partial charge in [0.15, 0.2) is 6.61 Å². The number of aromatic nitrogens is 1. The fourth-order valence-corrected chi connectivity index (χ4v) is 1.72. The second kappa shape index (κ2) is 4.81. The van der Waals surface area contributed by atoms with E-state index < -0.39 is 24.3 Å². The zero-order chi connectivity index (χ0) is 14.0. The van der Waals surface area contributed by atoms with E-state index >= 15 is 0 Å². The third-order valence-electron chi connectivity index (χ3n) is 2.49. The van der Waals surface area contributed by atoms with Crippen molar-refractivity contribution in [1.82, 2.24) is 4.98 Å². The summed E-state index contributed by atoms with van der Waals surface area (Å²) in [6.07, 6.45) is 1.34. The Hall–Kier alpha value is -2.83. The van der Waals surface area contributed by atoms with Gasteiger partial charge >= 0.3 is 5.97 Å². The van der Waals surface area contributed by atoms with Gasteiger partial charge in [0, 0.05) is 11.7 Å². The average molecular weight is 262 g/mol. The average Bonchev–Trinajstić information content (AvgIpc) is 2.79. The lowest BCUT2D eigenvalue weighted by atomic mass is 10.1. The van der Waals surface area contributed by atoms with Crippen LogP contribution < -0.4 is 10.5 Å². The van der Waals surface area contributed by atoms with Gasteiger partial charge in [-0.05, 0) is 12.1 Å². The molecule has 7 heteroatoms. The Morgan fingerprint density at radius 2 is 2.05 bits per heavy atom. The van der Waals surface area contributed by atoms with Crippen LogP contribution in [0.4, 0.5) is 0 Å². The molecule has 4 N–H and O–H groups in total. The fourth-order valence-electron chi connectivity index (χ4n) is 1.72. The predicted molar refractivity (Wildman–Crippen MR) is 65.0 cm³/mol. The third-order valence-corrected chi connectivity index (χ3v) is 2.49. The SMILES string of the molecule is NC(=O)C(=O)c1c[nH]c2cccc(OCC(=O)O)c12. The van der Waals surface area contributed by atoms with E-state index in [-0.39, 0.29) is 11.3 Å². The quantitative estimate of drug-likeness (QED) is 0.528. The van der Waals surface area contributed by atoms with Crippen LogP contribution in [0.15, 0.2) is 24.4 Å². The van der Waals surface area contributed by atoms with Gasteiger partial charge in [0.25, 0.3) is 11.7 Å². The first-order chi connectivity index (χ1) is 9.00. The van der Waals surface area contributed by atoms with Crippen molar-refractivity contribution in [1.29, 1.82) is 0 Å². The molecule has 0 aliphatic heterocycles. The van der Waals surface area contributed by atoms with Crippen LogP contribution in [0.3, 0.4) is 0 Å². The minimum Gasteiger partial charge on any atom is -0.481 e. The van der Waals surface area contributed by atoms with Gasteiger partial charge in [0.05, 0.1) is 10.9 Å². The van der Waals surface area contributed by atoms with E-state index in [0.29, 0.717) is 10.9 Å². The predicted octanol–water partition coefficient (Wildman–Crippen LogP) is 0.299. The summed E-state index contributed by atoms with van der Waals surface area (Å²) in [5.41, 5.74) is 5.56. The number of aromatic amines is 1. The van der Waals surface area contributed by atoms with Crippen molar-refractivity contribution in [2.24, 2.45) is 5.73 Å². The van der Waals surface area contributed by atoms with E-state index in [9.17, 15) is 14.4 Å². The third kappa shape index (κ3) is 2.39.